The Hall–Kier alpha value is -3.42. The summed E-state index contributed by atoms with van der Waals surface area (Å²) in [6.45, 7) is 0. The van der Waals surface area contributed by atoms with Gasteiger partial charge < -0.3 is 20.7 Å². The van der Waals surface area contributed by atoms with Gasteiger partial charge in [0.05, 0.1) is 11.1 Å². The lowest BCUT2D eigenvalue weighted by Crippen LogP contribution is -2.21. The van der Waals surface area contributed by atoms with Gasteiger partial charge in [0, 0.05) is 18.9 Å². The standard InChI is InChI=1S/C15H13N5O3/c1-20(8-5-3-2-4-6-8)15-17-7-9-11(16)10(14(22)23)13(21)18-12(9)19-15/h2-7H,1H3,(H,22,23)(H3,16,17,18,19,21). The number of fused-ring (bicyclic) bond motifs is 1. The number of benzene rings is 1. The number of anilines is 3. The van der Waals surface area contributed by atoms with Crippen LogP contribution in [0.25, 0.3) is 11.0 Å². The minimum absolute atomic E-state index is 0.148. The topological polar surface area (TPSA) is 125 Å². The Bertz CT molecular complexity index is 952. The number of carboxylic acids is 1. The van der Waals surface area contributed by atoms with E-state index in [9.17, 15) is 9.59 Å². The summed E-state index contributed by atoms with van der Waals surface area (Å²) in [6.07, 6.45) is 1.40. The van der Waals surface area contributed by atoms with Gasteiger partial charge in [0.25, 0.3) is 5.56 Å². The molecule has 0 saturated carbocycles. The van der Waals surface area contributed by atoms with E-state index in [-0.39, 0.29) is 16.7 Å². The average Bonchev–Trinajstić information content (AvgIpc) is 2.54. The smallest absolute Gasteiger partial charge is 0.343 e. The summed E-state index contributed by atoms with van der Waals surface area (Å²) in [6, 6.07) is 9.43. The van der Waals surface area contributed by atoms with Gasteiger partial charge in [-0.2, -0.15) is 4.98 Å². The number of nitrogens with one attached hydrogen (secondary N) is 1. The Kier molecular flexibility index (Phi) is 3.41. The molecule has 0 aliphatic heterocycles. The predicted octanol–water partition coefficient (Wildman–Crippen LogP) is 1.37. The number of para-hydroxylation sites is 1. The van der Waals surface area contributed by atoms with Crippen molar-refractivity contribution in [2.75, 3.05) is 17.7 Å². The van der Waals surface area contributed by atoms with Gasteiger partial charge in [0.2, 0.25) is 5.95 Å². The van der Waals surface area contributed by atoms with Gasteiger partial charge in [-0.1, -0.05) is 18.2 Å². The van der Waals surface area contributed by atoms with Gasteiger partial charge in [0.15, 0.2) is 0 Å². The molecule has 0 spiro atoms. The molecule has 0 radical (unpaired) electrons. The summed E-state index contributed by atoms with van der Waals surface area (Å²) in [5.41, 5.74) is 5.36. The first kappa shape index (κ1) is 14.5. The van der Waals surface area contributed by atoms with E-state index < -0.39 is 17.1 Å². The number of nitrogens with zero attached hydrogens (tertiary/aromatic N) is 3. The first-order valence-electron chi connectivity index (χ1n) is 6.69. The number of aromatic nitrogens is 3. The van der Waals surface area contributed by atoms with E-state index >= 15 is 0 Å². The summed E-state index contributed by atoms with van der Waals surface area (Å²) in [5.74, 6) is -1.04. The molecule has 0 bridgehead atoms. The van der Waals surface area contributed by atoms with Crippen molar-refractivity contribution in [2.24, 2.45) is 0 Å². The number of aromatic carboxylic acids is 1. The summed E-state index contributed by atoms with van der Waals surface area (Å²) in [7, 11) is 1.78. The summed E-state index contributed by atoms with van der Waals surface area (Å²) >= 11 is 0. The number of hydrogen-bond acceptors (Lipinski definition) is 6. The van der Waals surface area contributed by atoms with Crippen LogP contribution in [0, 0.1) is 0 Å². The van der Waals surface area contributed by atoms with Crippen LogP contribution in [-0.4, -0.2) is 33.1 Å². The van der Waals surface area contributed by atoms with Gasteiger partial charge in [-0.25, -0.2) is 9.78 Å². The number of nitrogen functional groups attached to an aromatic ring is 1. The van der Waals surface area contributed by atoms with Gasteiger partial charge in [0.1, 0.15) is 11.2 Å². The average molecular weight is 311 g/mol. The van der Waals surface area contributed by atoms with Crippen molar-refractivity contribution in [1.82, 2.24) is 15.0 Å². The quantitative estimate of drug-likeness (QED) is 0.667. The van der Waals surface area contributed by atoms with Crippen LogP contribution in [0.15, 0.2) is 41.3 Å². The second kappa shape index (κ2) is 5.41. The van der Waals surface area contributed by atoms with E-state index in [2.05, 4.69) is 15.0 Å². The number of nitrogens with two attached hydrogens (primary N) is 1. The largest absolute Gasteiger partial charge is 0.477 e. The molecule has 8 nitrogen and oxygen atoms in total. The fourth-order valence-corrected chi connectivity index (χ4v) is 2.23. The van der Waals surface area contributed by atoms with E-state index in [1.54, 1.807) is 11.9 Å². The molecule has 0 aliphatic rings. The number of carboxylic acid groups (broad SMARTS) is 1. The SMILES string of the molecule is CN(c1ccccc1)c1ncc2c(N)c(C(=O)O)c(=O)[nH]c2n1. The van der Waals surface area contributed by atoms with Gasteiger partial charge in [-0.15, -0.1) is 0 Å². The van der Waals surface area contributed by atoms with Crippen LogP contribution in [-0.2, 0) is 0 Å². The summed E-state index contributed by atoms with van der Waals surface area (Å²) in [4.78, 5) is 35.6. The Labute approximate surface area is 130 Å². The highest BCUT2D eigenvalue weighted by molar-refractivity contribution is 6.02. The van der Waals surface area contributed by atoms with Crippen molar-refractivity contribution >= 4 is 34.3 Å². The van der Waals surface area contributed by atoms with Crippen LogP contribution in [0.2, 0.25) is 0 Å². The highest BCUT2D eigenvalue weighted by atomic mass is 16.4. The number of aromatic amines is 1. The lowest BCUT2D eigenvalue weighted by atomic mass is 10.2. The highest BCUT2D eigenvalue weighted by Gasteiger charge is 2.18. The molecule has 2 aromatic heterocycles. The minimum atomic E-state index is -1.39. The molecule has 0 atom stereocenters. The molecular weight excluding hydrogens is 298 g/mol. The van der Waals surface area contributed by atoms with Crippen molar-refractivity contribution in [2.45, 2.75) is 0 Å². The third-order valence-electron chi connectivity index (χ3n) is 3.45. The van der Waals surface area contributed by atoms with Crippen molar-refractivity contribution in [3.63, 3.8) is 0 Å². The van der Waals surface area contributed by atoms with Crippen LogP contribution in [0.5, 0.6) is 0 Å². The number of rotatable bonds is 3. The molecule has 8 heteroatoms. The molecule has 3 rings (SSSR count). The molecule has 0 amide bonds. The predicted molar refractivity (Wildman–Crippen MR) is 86.0 cm³/mol. The second-order valence-electron chi connectivity index (χ2n) is 4.87. The van der Waals surface area contributed by atoms with Crippen LogP contribution < -0.4 is 16.2 Å². The maximum Gasteiger partial charge on any atom is 0.343 e. The maximum atomic E-state index is 11.9. The minimum Gasteiger partial charge on any atom is -0.477 e. The monoisotopic (exact) mass is 311 g/mol. The van der Waals surface area contributed by atoms with Crippen LogP contribution in [0.1, 0.15) is 10.4 Å². The van der Waals surface area contributed by atoms with Crippen molar-refractivity contribution in [1.29, 1.82) is 0 Å². The Morgan fingerprint density at radius 2 is 2.00 bits per heavy atom. The van der Waals surface area contributed by atoms with Gasteiger partial charge in [-0.05, 0) is 12.1 Å². The zero-order valence-electron chi connectivity index (χ0n) is 12.1. The van der Waals surface area contributed by atoms with E-state index in [0.29, 0.717) is 5.95 Å². The van der Waals surface area contributed by atoms with E-state index in [0.717, 1.165) is 5.69 Å². The van der Waals surface area contributed by atoms with Crippen LogP contribution in [0.4, 0.5) is 17.3 Å². The van der Waals surface area contributed by atoms with Crippen molar-refractivity contribution in [3.05, 3.63) is 52.4 Å². The van der Waals surface area contributed by atoms with Gasteiger partial charge >= 0.3 is 5.97 Å². The third-order valence-corrected chi connectivity index (χ3v) is 3.45. The second-order valence-corrected chi connectivity index (χ2v) is 4.87. The highest BCUT2D eigenvalue weighted by Crippen LogP contribution is 2.23. The summed E-state index contributed by atoms with van der Waals surface area (Å²) < 4.78 is 0. The first-order chi connectivity index (χ1) is 11.0. The molecule has 1 aromatic carbocycles. The Balaban J connectivity index is 2.15. The molecule has 116 valence electrons. The lowest BCUT2D eigenvalue weighted by Gasteiger charge is -2.17. The lowest BCUT2D eigenvalue weighted by molar-refractivity contribution is 0.0696. The normalized spacial score (nSPS) is 10.7. The molecule has 4 N–H and O–H groups in total. The molecule has 0 aliphatic carbocycles. The number of carbonyl (C=O) groups is 1. The van der Waals surface area contributed by atoms with E-state index in [1.165, 1.54) is 6.20 Å². The first-order valence-corrected chi connectivity index (χ1v) is 6.69. The van der Waals surface area contributed by atoms with Crippen LogP contribution >= 0.6 is 0 Å². The Morgan fingerprint density at radius 1 is 1.30 bits per heavy atom. The molecular formula is C15H13N5O3. The molecule has 3 aromatic rings. The zero-order chi connectivity index (χ0) is 16.6. The fraction of sp³-hybridized carbons (Fsp3) is 0.0667. The third kappa shape index (κ3) is 2.46. The number of hydrogen-bond donors (Lipinski definition) is 3. The molecule has 2 heterocycles. The molecule has 0 saturated heterocycles. The number of H-pyrrole nitrogens is 1. The molecule has 0 fully saturated rings. The molecule has 0 unspecified atom stereocenters. The number of pyridine rings is 1. The van der Waals surface area contributed by atoms with Crippen molar-refractivity contribution < 1.29 is 9.90 Å². The van der Waals surface area contributed by atoms with Crippen LogP contribution in [0.3, 0.4) is 0 Å². The zero-order valence-corrected chi connectivity index (χ0v) is 12.1. The van der Waals surface area contributed by atoms with Gasteiger partial charge in [-0.3, -0.25) is 4.79 Å². The van der Waals surface area contributed by atoms with E-state index in [4.69, 9.17) is 10.8 Å². The fourth-order valence-electron chi connectivity index (χ4n) is 2.23. The van der Waals surface area contributed by atoms with Crippen molar-refractivity contribution in [3.8, 4) is 0 Å². The Morgan fingerprint density at radius 3 is 2.65 bits per heavy atom. The molecule has 23 heavy (non-hydrogen) atoms. The summed E-state index contributed by atoms with van der Waals surface area (Å²) in [5, 5.41) is 9.33. The maximum absolute atomic E-state index is 11.9. The van der Waals surface area contributed by atoms with E-state index in [1.807, 2.05) is 30.3 Å².